The molecule has 12 heavy (non-hydrogen) atoms. The summed E-state index contributed by atoms with van der Waals surface area (Å²) in [6.45, 7) is 5.59. The molecule has 5 heteroatoms. The molecule has 0 aromatic rings. The topological polar surface area (TPSA) is 72.5 Å². The molecule has 2 N–H and O–H groups in total. The molecule has 0 atom stereocenters. The highest BCUT2D eigenvalue weighted by Gasteiger charge is 2.11. The Bertz CT molecular complexity index is 272. The summed E-state index contributed by atoms with van der Waals surface area (Å²) in [5, 5.41) is 0. The third-order valence-electron chi connectivity index (χ3n) is 0.889. The van der Waals surface area contributed by atoms with Crippen molar-refractivity contribution in [2.24, 2.45) is 10.7 Å². The van der Waals surface area contributed by atoms with E-state index in [1.165, 1.54) is 0 Å². The van der Waals surface area contributed by atoms with Gasteiger partial charge in [0.1, 0.15) is 11.6 Å². The highest BCUT2D eigenvalue weighted by molar-refractivity contribution is 7.91. The monoisotopic (exact) mass is 192 g/mol. The van der Waals surface area contributed by atoms with Crippen molar-refractivity contribution >= 4 is 15.7 Å². The summed E-state index contributed by atoms with van der Waals surface area (Å²) in [4.78, 5) is 4.01. The van der Waals surface area contributed by atoms with Crippen LogP contribution in [-0.2, 0) is 9.84 Å². The van der Waals surface area contributed by atoms with Gasteiger partial charge in [0.05, 0.1) is 5.54 Å². The highest BCUT2D eigenvalue weighted by atomic mass is 32.2. The molecule has 0 amide bonds. The van der Waals surface area contributed by atoms with E-state index < -0.39 is 9.84 Å². The quantitative estimate of drug-likeness (QED) is 0.501. The van der Waals surface area contributed by atoms with Gasteiger partial charge in [-0.15, -0.1) is 0 Å². The van der Waals surface area contributed by atoms with Crippen LogP contribution in [0.25, 0.3) is 0 Å². The normalized spacial score (nSPS) is 14.8. The standard InChI is InChI=1S/C7H16N2O2S/c1-7(2,3)9-6(8)5-12(4,10)11/h5H2,1-4H3,(H2,8,9). The van der Waals surface area contributed by atoms with E-state index >= 15 is 0 Å². The minimum Gasteiger partial charge on any atom is -0.387 e. The van der Waals surface area contributed by atoms with Crippen LogP contribution < -0.4 is 5.73 Å². The maximum Gasteiger partial charge on any atom is 0.154 e. The molecule has 0 saturated carbocycles. The molecule has 4 nitrogen and oxygen atoms in total. The average molecular weight is 192 g/mol. The second kappa shape index (κ2) is 3.43. The van der Waals surface area contributed by atoms with Gasteiger partial charge in [-0.05, 0) is 20.8 Å². The molecule has 0 unspecified atom stereocenters. The first-order valence-corrected chi connectivity index (χ1v) is 5.68. The number of sulfone groups is 1. The Morgan fingerprint density at radius 1 is 1.42 bits per heavy atom. The lowest BCUT2D eigenvalue weighted by molar-refractivity contribution is 0.581. The van der Waals surface area contributed by atoms with Crippen molar-refractivity contribution in [3.05, 3.63) is 0 Å². The molecule has 0 rings (SSSR count). The number of nitrogens with two attached hydrogens (primary N) is 1. The molecule has 0 spiro atoms. The lowest BCUT2D eigenvalue weighted by Gasteiger charge is -2.12. The highest BCUT2D eigenvalue weighted by Crippen LogP contribution is 2.05. The first kappa shape index (κ1) is 11.4. The van der Waals surface area contributed by atoms with Crippen LogP contribution in [0, 0.1) is 0 Å². The van der Waals surface area contributed by atoms with Crippen LogP contribution >= 0.6 is 0 Å². The summed E-state index contributed by atoms with van der Waals surface area (Å²) in [6.07, 6.45) is 1.14. The number of aliphatic imine (C=N–C) groups is 1. The van der Waals surface area contributed by atoms with Crippen LogP contribution in [0.15, 0.2) is 4.99 Å². The maximum atomic E-state index is 10.8. The third kappa shape index (κ3) is 7.53. The van der Waals surface area contributed by atoms with Gasteiger partial charge in [0, 0.05) is 6.26 Å². The van der Waals surface area contributed by atoms with Crippen molar-refractivity contribution in [3.63, 3.8) is 0 Å². The first-order chi connectivity index (χ1) is 5.10. The van der Waals surface area contributed by atoms with Crippen LogP contribution in [0.2, 0.25) is 0 Å². The van der Waals surface area contributed by atoms with Crippen molar-refractivity contribution in [3.8, 4) is 0 Å². The van der Waals surface area contributed by atoms with Gasteiger partial charge in [0.2, 0.25) is 0 Å². The van der Waals surface area contributed by atoms with E-state index in [-0.39, 0.29) is 17.1 Å². The lowest BCUT2D eigenvalue weighted by atomic mass is 10.1. The van der Waals surface area contributed by atoms with Crippen LogP contribution in [0.5, 0.6) is 0 Å². The molecule has 0 heterocycles. The summed E-state index contributed by atoms with van der Waals surface area (Å²) < 4.78 is 21.5. The van der Waals surface area contributed by atoms with Crippen molar-refractivity contribution in [1.29, 1.82) is 0 Å². The second-order valence-corrected chi connectivity index (χ2v) is 5.98. The Kier molecular flexibility index (Phi) is 3.26. The zero-order chi connectivity index (χ0) is 9.99. The fourth-order valence-corrected chi connectivity index (χ4v) is 1.33. The number of amidine groups is 1. The van der Waals surface area contributed by atoms with Gasteiger partial charge < -0.3 is 5.73 Å². The first-order valence-electron chi connectivity index (χ1n) is 3.62. The number of rotatable bonds is 2. The van der Waals surface area contributed by atoms with Gasteiger partial charge in [-0.1, -0.05) is 0 Å². The summed E-state index contributed by atoms with van der Waals surface area (Å²) in [7, 11) is -3.05. The Balaban J connectivity index is 4.43. The molecule has 0 bridgehead atoms. The molecule has 0 radical (unpaired) electrons. The predicted molar refractivity (Wildman–Crippen MR) is 51.1 cm³/mol. The number of nitrogens with zero attached hydrogens (tertiary/aromatic N) is 1. The number of hydrogen-bond acceptors (Lipinski definition) is 3. The molecular weight excluding hydrogens is 176 g/mol. The van der Waals surface area contributed by atoms with Gasteiger partial charge >= 0.3 is 0 Å². The Hall–Kier alpha value is -0.580. The van der Waals surface area contributed by atoms with Crippen molar-refractivity contribution in [2.75, 3.05) is 12.0 Å². The summed E-state index contributed by atoms with van der Waals surface area (Å²) >= 11 is 0. The Labute approximate surface area is 73.8 Å². The minimum atomic E-state index is -3.05. The van der Waals surface area contributed by atoms with E-state index in [1.54, 1.807) is 0 Å². The Morgan fingerprint density at radius 2 is 1.83 bits per heavy atom. The maximum absolute atomic E-state index is 10.8. The average Bonchev–Trinajstić information content (AvgIpc) is 1.49. The zero-order valence-corrected chi connectivity index (χ0v) is 8.77. The van der Waals surface area contributed by atoms with Gasteiger partial charge in [-0.3, -0.25) is 4.99 Å². The smallest absolute Gasteiger partial charge is 0.154 e. The largest absolute Gasteiger partial charge is 0.387 e. The van der Waals surface area contributed by atoms with E-state index in [2.05, 4.69) is 4.99 Å². The van der Waals surface area contributed by atoms with E-state index in [9.17, 15) is 8.42 Å². The predicted octanol–water partition coefficient (Wildman–Crippen LogP) is 0.187. The molecular formula is C7H16N2O2S. The minimum absolute atomic E-state index is 0.162. The van der Waals surface area contributed by atoms with Gasteiger partial charge in [0.15, 0.2) is 9.84 Å². The van der Waals surface area contributed by atoms with E-state index in [0.29, 0.717) is 0 Å². The fourth-order valence-electron chi connectivity index (χ4n) is 0.732. The van der Waals surface area contributed by atoms with Gasteiger partial charge in [0.25, 0.3) is 0 Å². The van der Waals surface area contributed by atoms with Crippen molar-refractivity contribution in [1.82, 2.24) is 0 Å². The van der Waals surface area contributed by atoms with Crippen LogP contribution in [-0.4, -0.2) is 31.8 Å². The number of hydrogen-bond donors (Lipinski definition) is 1. The fraction of sp³-hybridized carbons (Fsp3) is 0.857. The molecule has 0 aliphatic carbocycles. The van der Waals surface area contributed by atoms with Crippen LogP contribution in [0.1, 0.15) is 20.8 Å². The molecule has 72 valence electrons. The van der Waals surface area contributed by atoms with E-state index in [4.69, 9.17) is 5.73 Å². The molecule has 0 aromatic carbocycles. The second-order valence-electron chi connectivity index (χ2n) is 3.84. The SMILES string of the molecule is CC(C)(C)N=C(N)CS(C)(=O)=O. The molecule has 0 fully saturated rings. The summed E-state index contributed by atoms with van der Waals surface area (Å²) in [5.41, 5.74) is 5.11. The Morgan fingerprint density at radius 3 is 2.08 bits per heavy atom. The zero-order valence-electron chi connectivity index (χ0n) is 7.96. The van der Waals surface area contributed by atoms with Crippen LogP contribution in [0.3, 0.4) is 0 Å². The van der Waals surface area contributed by atoms with Crippen LogP contribution in [0.4, 0.5) is 0 Å². The molecule has 0 aliphatic rings. The van der Waals surface area contributed by atoms with Crippen molar-refractivity contribution in [2.45, 2.75) is 26.3 Å². The molecule has 0 saturated heterocycles. The third-order valence-corrected chi connectivity index (χ3v) is 1.71. The van der Waals surface area contributed by atoms with E-state index in [1.807, 2.05) is 20.8 Å². The lowest BCUT2D eigenvalue weighted by Crippen LogP contribution is -2.27. The van der Waals surface area contributed by atoms with Gasteiger partial charge in [-0.25, -0.2) is 8.42 Å². The van der Waals surface area contributed by atoms with E-state index in [0.717, 1.165) is 6.26 Å². The van der Waals surface area contributed by atoms with Crippen molar-refractivity contribution < 1.29 is 8.42 Å². The van der Waals surface area contributed by atoms with Gasteiger partial charge in [-0.2, -0.15) is 0 Å². The molecule has 0 aliphatic heterocycles. The summed E-state index contributed by atoms with van der Waals surface area (Å²) in [5.74, 6) is 0.00887. The summed E-state index contributed by atoms with van der Waals surface area (Å²) in [6, 6.07) is 0. The molecule has 0 aromatic heterocycles.